The summed E-state index contributed by atoms with van der Waals surface area (Å²) in [5, 5.41) is 5.81. The zero-order valence-corrected chi connectivity index (χ0v) is 29.9. The van der Waals surface area contributed by atoms with E-state index in [-0.39, 0.29) is 0 Å². The Morgan fingerprint density at radius 1 is 0.291 bits per heavy atom. The van der Waals surface area contributed by atoms with Crippen LogP contribution in [0.25, 0.3) is 88.5 Å². The standard InChI is InChI=1S/C53H32N2/c1-2-17-33(18-3-1)52-54-47-32-15-11-26-41(47)51(55-52)50-38-23-6-4-21-36(38)48(37-22-5-7-24-39(37)50)42-27-16-31-46-49(42)40-25-10-14-30-45(40)53(46)43-28-12-8-19-34(43)35-20-9-13-29-44(35)53/h1-32H. The summed E-state index contributed by atoms with van der Waals surface area (Å²) in [5.74, 6) is 0.728. The first kappa shape index (κ1) is 30.3. The van der Waals surface area contributed by atoms with Crippen LogP contribution < -0.4 is 0 Å². The Hall–Kier alpha value is -7.16. The lowest BCUT2D eigenvalue weighted by atomic mass is 9.70. The molecular weight excluding hydrogens is 665 g/mol. The van der Waals surface area contributed by atoms with E-state index in [4.69, 9.17) is 9.97 Å². The Kier molecular flexibility index (Phi) is 6.29. The Balaban J connectivity index is 1.21. The molecule has 2 aliphatic carbocycles. The summed E-state index contributed by atoms with van der Waals surface area (Å²) in [6.45, 7) is 0. The Morgan fingerprint density at radius 3 is 1.38 bits per heavy atom. The summed E-state index contributed by atoms with van der Waals surface area (Å²) in [5.41, 5.74) is 16.8. The van der Waals surface area contributed by atoms with Crippen molar-refractivity contribution in [2.24, 2.45) is 0 Å². The molecule has 0 bridgehead atoms. The molecule has 1 heterocycles. The highest BCUT2D eigenvalue weighted by molar-refractivity contribution is 6.24. The van der Waals surface area contributed by atoms with Gasteiger partial charge in [-0.1, -0.05) is 188 Å². The minimum Gasteiger partial charge on any atom is -0.228 e. The monoisotopic (exact) mass is 696 g/mol. The van der Waals surface area contributed by atoms with Crippen LogP contribution in [0.4, 0.5) is 0 Å². The van der Waals surface area contributed by atoms with E-state index in [9.17, 15) is 0 Å². The molecule has 1 aromatic heterocycles. The maximum absolute atomic E-state index is 5.41. The summed E-state index contributed by atoms with van der Waals surface area (Å²) in [4.78, 5) is 10.5. The lowest BCUT2D eigenvalue weighted by Gasteiger charge is -2.30. The lowest BCUT2D eigenvalue weighted by Crippen LogP contribution is -2.25. The van der Waals surface area contributed by atoms with E-state index in [1.54, 1.807) is 0 Å². The molecule has 9 aromatic carbocycles. The molecule has 12 rings (SSSR count). The molecule has 2 aliphatic rings. The maximum Gasteiger partial charge on any atom is 0.160 e. The van der Waals surface area contributed by atoms with Gasteiger partial charge in [0.1, 0.15) is 0 Å². The van der Waals surface area contributed by atoms with Crippen LogP contribution in [-0.4, -0.2) is 9.97 Å². The second-order valence-corrected chi connectivity index (χ2v) is 14.7. The van der Waals surface area contributed by atoms with Gasteiger partial charge < -0.3 is 0 Å². The number of benzene rings is 9. The zero-order chi connectivity index (χ0) is 36.1. The second-order valence-electron chi connectivity index (χ2n) is 14.7. The predicted octanol–water partition coefficient (Wildman–Crippen LogP) is 13.3. The molecule has 0 saturated heterocycles. The summed E-state index contributed by atoms with van der Waals surface area (Å²) >= 11 is 0. The molecule has 0 radical (unpaired) electrons. The second kappa shape index (κ2) is 11.4. The molecule has 254 valence electrons. The lowest BCUT2D eigenvalue weighted by molar-refractivity contribution is 0.794. The van der Waals surface area contributed by atoms with Crippen LogP contribution in [0.5, 0.6) is 0 Å². The first-order valence-electron chi connectivity index (χ1n) is 19.0. The number of para-hydroxylation sites is 1. The third kappa shape index (κ3) is 4.03. The third-order valence-corrected chi connectivity index (χ3v) is 12.1. The van der Waals surface area contributed by atoms with Crippen molar-refractivity contribution in [1.82, 2.24) is 9.97 Å². The molecule has 0 N–H and O–H groups in total. The van der Waals surface area contributed by atoms with Gasteiger partial charge in [0.05, 0.1) is 16.6 Å². The quantitative estimate of drug-likeness (QED) is 0.172. The van der Waals surface area contributed by atoms with Gasteiger partial charge in [-0.25, -0.2) is 9.97 Å². The largest absolute Gasteiger partial charge is 0.228 e. The molecule has 0 amide bonds. The first-order valence-corrected chi connectivity index (χ1v) is 19.0. The van der Waals surface area contributed by atoms with Gasteiger partial charge in [0.2, 0.25) is 0 Å². The van der Waals surface area contributed by atoms with Crippen LogP contribution in [0.2, 0.25) is 0 Å². The smallest absolute Gasteiger partial charge is 0.160 e. The average Bonchev–Trinajstić information content (AvgIpc) is 3.73. The number of fused-ring (bicyclic) bond motifs is 13. The van der Waals surface area contributed by atoms with Crippen LogP contribution in [0, 0.1) is 0 Å². The SMILES string of the molecule is c1ccc(-c2nc(-c3c4ccccc4c(-c4cccc5c4-c4ccccc4C54c5ccccc5-c5ccccc54)c4ccccc34)c3ccccc3n2)cc1. The number of rotatable bonds is 3. The fraction of sp³-hybridized carbons (Fsp3) is 0.0189. The van der Waals surface area contributed by atoms with Crippen molar-refractivity contribution in [3.63, 3.8) is 0 Å². The summed E-state index contributed by atoms with van der Waals surface area (Å²) in [7, 11) is 0. The molecule has 0 aliphatic heterocycles. The number of hydrogen-bond acceptors (Lipinski definition) is 2. The zero-order valence-electron chi connectivity index (χ0n) is 29.9. The van der Waals surface area contributed by atoms with Gasteiger partial charge in [-0.15, -0.1) is 0 Å². The van der Waals surface area contributed by atoms with Gasteiger partial charge in [-0.05, 0) is 83.2 Å². The van der Waals surface area contributed by atoms with Crippen LogP contribution in [0.3, 0.4) is 0 Å². The van der Waals surface area contributed by atoms with E-state index in [2.05, 4.69) is 188 Å². The van der Waals surface area contributed by atoms with E-state index < -0.39 is 5.41 Å². The van der Waals surface area contributed by atoms with Gasteiger partial charge in [0.15, 0.2) is 5.82 Å². The molecule has 1 spiro atoms. The maximum atomic E-state index is 5.41. The van der Waals surface area contributed by atoms with Gasteiger partial charge in [-0.3, -0.25) is 0 Å². The van der Waals surface area contributed by atoms with Crippen LogP contribution >= 0.6 is 0 Å². The normalized spacial score (nSPS) is 13.2. The third-order valence-electron chi connectivity index (χ3n) is 12.1. The Bertz CT molecular complexity index is 3110. The summed E-state index contributed by atoms with van der Waals surface area (Å²) in [6, 6.07) is 70.8. The molecule has 0 fully saturated rings. The summed E-state index contributed by atoms with van der Waals surface area (Å²) < 4.78 is 0. The number of hydrogen-bond donors (Lipinski definition) is 0. The van der Waals surface area contributed by atoms with E-state index in [1.165, 1.54) is 77.2 Å². The molecule has 2 heteroatoms. The average molecular weight is 697 g/mol. The number of aromatic nitrogens is 2. The van der Waals surface area contributed by atoms with Gasteiger partial charge in [0.25, 0.3) is 0 Å². The number of nitrogens with zero attached hydrogens (tertiary/aromatic N) is 2. The van der Waals surface area contributed by atoms with Crippen LogP contribution in [0.1, 0.15) is 22.3 Å². The molecule has 0 saturated carbocycles. The van der Waals surface area contributed by atoms with E-state index >= 15 is 0 Å². The predicted molar refractivity (Wildman–Crippen MR) is 227 cm³/mol. The minimum absolute atomic E-state index is 0.408. The fourth-order valence-corrected chi connectivity index (χ4v) is 10.0. The molecule has 2 nitrogen and oxygen atoms in total. The van der Waals surface area contributed by atoms with Gasteiger partial charge in [0, 0.05) is 16.5 Å². The van der Waals surface area contributed by atoms with Gasteiger partial charge in [-0.2, -0.15) is 0 Å². The van der Waals surface area contributed by atoms with Crippen molar-refractivity contribution in [3.8, 4) is 56.0 Å². The van der Waals surface area contributed by atoms with Crippen molar-refractivity contribution in [1.29, 1.82) is 0 Å². The highest BCUT2D eigenvalue weighted by Crippen LogP contribution is 2.64. The molecular formula is C53H32N2. The Morgan fingerprint density at radius 2 is 0.745 bits per heavy atom. The van der Waals surface area contributed by atoms with E-state index in [1.807, 2.05) is 6.07 Å². The molecule has 55 heavy (non-hydrogen) atoms. The van der Waals surface area contributed by atoms with E-state index in [0.29, 0.717) is 0 Å². The highest BCUT2D eigenvalue weighted by Gasteiger charge is 2.52. The van der Waals surface area contributed by atoms with Crippen LogP contribution in [0.15, 0.2) is 194 Å². The minimum atomic E-state index is -0.408. The Labute approximate surface area is 319 Å². The van der Waals surface area contributed by atoms with Crippen molar-refractivity contribution in [2.75, 3.05) is 0 Å². The molecule has 10 aromatic rings. The fourth-order valence-electron chi connectivity index (χ4n) is 10.0. The summed E-state index contributed by atoms with van der Waals surface area (Å²) in [6.07, 6.45) is 0. The van der Waals surface area contributed by atoms with Crippen molar-refractivity contribution in [2.45, 2.75) is 5.41 Å². The van der Waals surface area contributed by atoms with Crippen molar-refractivity contribution in [3.05, 3.63) is 216 Å². The topological polar surface area (TPSA) is 25.8 Å². The van der Waals surface area contributed by atoms with Crippen molar-refractivity contribution >= 4 is 32.4 Å². The first-order chi connectivity index (χ1) is 27.3. The van der Waals surface area contributed by atoms with E-state index in [0.717, 1.165) is 33.5 Å². The molecule has 0 unspecified atom stereocenters. The highest BCUT2D eigenvalue weighted by atomic mass is 14.9. The van der Waals surface area contributed by atoms with Gasteiger partial charge >= 0.3 is 0 Å². The van der Waals surface area contributed by atoms with Crippen molar-refractivity contribution < 1.29 is 0 Å². The van der Waals surface area contributed by atoms with Crippen LogP contribution in [-0.2, 0) is 5.41 Å². The molecule has 0 atom stereocenters.